The summed E-state index contributed by atoms with van der Waals surface area (Å²) in [5, 5.41) is 13.6. The quantitative estimate of drug-likeness (QED) is 0.612. The fourth-order valence-corrected chi connectivity index (χ4v) is 2.09. The number of carbonyl (C=O) groups excluding carboxylic acids is 2. The number of amides is 2. The summed E-state index contributed by atoms with van der Waals surface area (Å²) in [7, 11) is 1.32. The molecule has 0 radical (unpaired) electrons. The molecule has 0 saturated carbocycles. The molecule has 0 aliphatic carbocycles. The third-order valence-corrected chi connectivity index (χ3v) is 3.47. The van der Waals surface area contributed by atoms with Gasteiger partial charge in [-0.3, -0.25) is 9.59 Å². The monoisotopic (exact) mass is 390 g/mol. The van der Waals surface area contributed by atoms with Crippen LogP contribution < -0.4 is 10.6 Å². The third-order valence-electron chi connectivity index (χ3n) is 2.78. The van der Waals surface area contributed by atoms with E-state index in [2.05, 4.69) is 31.3 Å². The van der Waals surface area contributed by atoms with Crippen molar-refractivity contribution in [3.05, 3.63) is 34.1 Å². The number of halogens is 2. The smallest absolute Gasteiger partial charge is 0.328 e. The Bertz CT molecular complexity index is 597. The van der Waals surface area contributed by atoms with Crippen molar-refractivity contribution >= 4 is 33.7 Å². The molecule has 0 heterocycles. The van der Waals surface area contributed by atoms with Gasteiger partial charge in [0.25, 0.3) is 5.91 Å². The van der Waals surface area contributed by atoms with Crippen LogP contribution in [-0.4, -0.2) is 49.2 Å². The van der Waals surface area contributed by atoms with Gasteiger partial charge in [0.2, 0.25) is 5.91 Å². The lowest BCUT2D eigenvalue weighted by Gasteiger charge is -2.13. The molecule has 0 aliphatic rings. The van der Waals surface area contributed by atoms with Gasteiger partial charge >= 0.3 is 5.97 Å². The number of nitrogens with one attached hydrogen (secondary N) is 2. The van der Waals surface area contributed by atoms with Gasteiger partial charge in [0.1, 0.15) is 5.82 Å². The van der Waals surface area contributed by atoms with Crippen molar-refractivity contribution in [2.75, 3.05) is 20.3 Å². The van der Waals surface area contributed by atoms with Crippen LogP contribution in [0.5, 0.6) is 0 Å². The molecule has 0 saturated heterocycles. The summed E-state index contributed by atoms with van der Waals surface area (Å²) in [6, 6.07) is 2.52. The van der Waals surface area contributed by atoms with Crippen LogP contribution in [0.1, 0.15) is 16.8 Å². The van der Waals surface area contributed by atoms with Gasteiger partial charge in [-0.15, -0.1) is 0 Å². The Morgan fingerprint density at radius 1 is 1.39 bits per heavy atom. The number of ether oxygens (including phenoxy) is 1. The van der Waals surface area contributed by atoms with Gasteiger partial charge in [-0.2, -0.15) is 0 Å². The normalized spacial score (nSPS) is 11.6. The summed E-state index contributed by atoms with van der Waals surface area (Å²) in [5.74, 6) is -2.86. The van der Waals surface area contributed by atoms with E-state index in [4.69, 9.17) is 5.11 Å². The van der Waals surface area contributed by atoms with E-state index in [1.165, 1.54) is 19.2 Å². The molecule has 0 aromatic heterocycles. The van der Waals surface area contributed by atoms with Gasteiger partial charge in [0, 0.05) is 24.5 Å². The molecule has 2 amide bonds. The number of rotatable bonds is 8. The number of benzene rings is 1. The predicted molar refractivity (Wildman–Crippen MR) is 82.5 cm³/mol. The minimum absolute atomic E-state index is 0.0209. The number of carboxylic acids is 1. The van der Waals surface area contributed by atoms with Gasteiger partial charge in [-0.05, 0) is 34.1 Å². The van der Waals surface area contributed by atoms with Crippen LogP contribution in [-0.2, 0) is 14.3 Å². The van der Waals surface area contributed by atoms with Crippen LogP contribution in [0.3, 0.4) is 0 Å². The second kappa shape index (κ2) is 9.21. The number of hydrogen-bond donors (Lipinski definition) is 3. The molecule has 9 heteroatoms. The maximum atomic E-state index is 13.1. The first-order valence-corrected chi connectivity index (χ1v) is 7.38. The van der Waals surface area contributed by atoms with Crippen molar-refractivity contribution in [3.63, 3.8) is 0 Å². The number of methoxy groups -OCH3 is 1. The molecule has 1 atom stereocenters. The lowest BCUT2D eigenvalue weighted by molar-refractivity contribution is -0.143. The van der Waals surface area contributed by atoms with Gasteiger partial charge in [0.05, 0.1) is 12.2 Å². The van der Waals surface area contributed by atoms with Crippen molar-refractivity contribution < 1.29 is 28.6 Å². The Balaban J connectivity index is 2.46. The number of carbonyl (C=O) groups is 3. The molecule has 7 nitrogen and oxygen atoms in total. The topological polar surface area (TPSA) is 105 Å². The lowest BCUT2D eigenvalue weighted by Crippen LogP contribution is -2.44. The molecular formula is C14H16BrFN2O5. The predicted octanol–water partition coefficient (Wildman–Crippen LogP) is 0.924. The summed E-state index contributed by atoms with van der Waals surface area (Å²) in [4.78, 5) is 34.4. The average molecular weight is 391 g/mol. The molecular weight excluding hydrogens is 375 g/mol. The SMILES string of the molecule is COCC(NC(=O)CCNC(=O)c1cc(F)ccc1Br)C(=O)O. The summed E-state index contributed by atoms with van der Waals surface area (Å²) in [6.45, 7) is -0.184. The van der Waals surface area contributed by atoms with Gasteiger partial charge in [0.15, 0.2) is 6.04 Å². The van der Waals surface area contributed by atoms with Gasteiger partial charge in [-0.25, -0.2) is 9.18 Å². The molecule has 1 aromatic rings. The maximum Gasteiger partial charge on any atom is 0.328 e. The first-order chi connectivity index (χ1) is 10.8. The van der Waals surface area contributed by atoms with Crippen LogP contribution in [0.4, 0.5) is 4.39 Å². The zero-order chi connectivity index (χ0) is 17.4. The zero-order valence-electron chi connectivity index (χ0n) is 12.3. The minimum Gasteiger partial charge on any atom is -0.480 e. The lowest BCUT2D eigenvalue weighted by atomic mass is 10.2. The van der Waals surface area contributed by atoms with Crippen molar-refractivity contribution in [1.82, 2.24) is 10.6 Å². The summed E-state index contributed by atoms with van der Waals surface area (Å²) in [6.07, 6.45) is -0.119. The van der Waals surface area contributed by atoms with Crippen LogP contribution in [0, 0.1) is 5.82 Å². The van der Waals surface area contributed by atoms with E-state index in [-0.39, 0.29) is 25.1 Å². The van der Waals surface area contributed by atoms with Crippen LogP contribution in [0.25, 0.3) is 0 Å². The summed E-state index contributed by atoms with van der Waals surface area (Å²) < 4.78 is 18.2. The van der Waals surface area contributed by atoms with Crippen LogP contribution >= 0.6 is 15.9 Å². The van der Waals surface area contributed by atoms with Crippen molar-refractivity contribution in [3.8, 4) is 0 Å². The molecule has 126 valence electrons. The molecule has 0 aliphatic heterocycles. The molecule has 23 heavy (non-hydrogen) atoms. The molecule has 3 N–H and O–H groups in total. The molecule has 1 rings (SSSR count). The number of aliphatic carboxylic acids is 1. The first kappa shape index (κ1) is 19.0. The van der Waals surface area contributed by atoms with E-state index in [1.807, 2.05) is 0 Å². The van der Waals surface area contributed by atoms with E-state index in [0.717, 1.165) is 6.07 Å². The number of carboxylic acid groups (broad SMARTS) is 1. The number of hydrogen-bond acceptors (Lipinski definition) is 4. The minimum atomic E-state index is -1.21. The van der Waals surface area contributed by atoms with E-state index in [0.29, 0.717) is 4.47 Å². The standard InChI is InChI=1S/C14H16BrFN2O5/c1-23-7-11(14(21)22)18-12(19)4-5-17-13(20)9-6-8(16)2-3-10(9)15/h2-3,6,11H,4-5,7H2,1H3,(H,17,20)(H,18,19)(H,21,22). The Morgan fingerprint density at radius 3 is 2.70 bits per heavy atom. The fraction of sp³-hybridized carbons (Fsp3) is 0.357. The van der Waals surface area contributed by atoms with Crippen molar-refractivity contribution in [1.29, 1.82) is 0 Å². The Morgan fingerprint density at radius 2 is 2.09 bits per heavy atom. The molecule has 1 unspecified atom stereocenters. The Labute approximate surface area is 140 Å². The van der Waals surface area contributed by atoms with E-state index in [9.17, 15) is 18.8 Å². The largest absolute Gasteiger partial charge is 0.480 e. The van der Waals surface area contributed by atoms with Crippen LogP contribution in [0.2, 0.25) is 0 Å². The van der Waals surface area contributed by atoms with Gasteiger partial charge in [-0.1, -0.05) is 0 Å². The zero-order valence-corrected chi connectivity index (χ0v) is 13.9. The average Bonchev–Trinajstić information content (AvgIpc) is 2.49. The van der Waals surface area contributed by atoms with Gasteiger partial charge < -0.3 is 20.5 Å². The second-order valence-corrected chi connectivity index (χ2v) is 5.40. The Hall–Kier alpha value is -2.00. The molecule has 0 fully saturated rings. The summed E-state index contributed by atoms with van der Waals surface area (Å²) in [5.41, 5.74) is 0.105. The molecule has 0 spiro atoms. The Kier molecular flexibility index (Phi) is 7.63. The summed E-state index contributed by atoms with van der Waals surface area (Å²) >= 11 is 3.13. The third kappa shape index (κ3) is 6.33. The maximum absolute atomic E-state index is 13.1. The van der Waals surface area contributed by atoms with E-state index >= 15 is 0 Å². The highest BCUT2D eigenvalue weighted by Crippen LogP contribution is 2.17. The van der Waals surface area contributed by atoms with Crippen LogP contribution in [0.15, 0.2) is 22.7 Å². The van der Waals surface area contributed by atoms with E-state index in [1.54, 1.807) is 0 Å². The van der Waals surface area contributed by atoms with E-state index < -0.39 is 29.6 Å². The molecule has 1 aromatic carbocycles. The highest BCUT2D eigenvalue weighted by Gasteiger charge is 2.19. The first-order valence-electron chi connectivity index (χ1n) is 6.59. The highest BCUT2D eigenvalue weighted by atomic mass is 79.9. The van der Waals surface area contributed by atoms with Crippen molar-refractivity contribution in [2.24, 2.45) is 0 Å². The highest BCUT2D eigenvalue weighted by molar-refractivity contribution is 9.10. The van der Waals surface area contributed by atoms with Crippen molar-refractivity contribution in [2.45, 2.75) is 12.5 Å². The molecule has 0 bridgehead atoms. The fourth-order valence-electron chi connectivity index (χ4n) is 1.66. The second-order valence-electron chi connectivity index (χ2n) is 4.54.